The zero-order chi connectivity index (χ0) is 19.2. The summed E-state index contributed by atoms with van der Waals surface area (Å²) >= 11 is 0. The number of aromatic nitrogens is 2. The Hall–Kier alpha value is -1.38. The highest BCUT2D eigenvalue weighted by Gasteiger charge is 2.58. The van der Waals surface area contributed by atoms with Gasteiger partial charge in [-0.1, -0.05) is 0 Å². The highest BCUT2D eigenvalue weighted by atomic mass is 31.2. The van der Waals surface area contributed by atoms with E-state index < -0.39 is 38.8 Å². The van der Waals surface area contributed by atoms with Crippen LogP contribution in [0.15, 0.2) is 23.0 Å². The maximum atomic E-state index is 12.1. The maximum Gasteiger partial charge on any atom is 0.369 e. The number of nitrogens with zero attached hydrogens (tertiary/aromatic N) is 2. The molecule has 0 aliphatic rings. The van der Waals surface area contributed by atoms with Gasteiger partial charge in [0.15, 0.2) is 0 Å². The molecule has 0 unspecified atom stereocenters. The second kappa shape index (κ2) is 6.41. The van der Waals surface area contributed by atoms with E-state index in [1.807, 2.05) is 0 Å². The highest BCUT2D eigenvalue weighted by molar-refractivity contribution is 7.72. The third-order valence-electron chi connectivity index (χ3n) is 3.89. The molecule has 2 rings (SSSR count). The van der Waals surface area contributed by atoms with Crippen molar-refractivity contribution in [3.8, 4) is 0 Å². The van der Waals surface area contributed by atoms with Crippen LogP contribution >= 0.6 is 15.2 Å². The molecule has 0 aliphatic carbocycles. The average Bonchev–Trinajstić information content (AvgIpc) is 2.43. The van der Waals surface area contributed by atoms with Gasteiger partial charge < -0.3 is 24.7 Å². The normalized spacial score (nSPS) is 13.4. The number of hydrogen-bond donors (Lipinski definition) is 5. The molecule has 0 radical (unpaired) electrons. The van der Waals surface area contributed by atoms with Gasteiger partial charge in [0, 0.05) is 30.1 Å². The summed E-state index contributed by atoms with van der Waals surface area (Å²) in [5.41, 5.74) is 1.01. The minimum absolute atomic E-state index is 0.198. The SMILES string of the molecule is Cc1cc(C)c2ccc(=O)n(CCC(O)(P(=O)(O)O)P(=O)(O)O)c2n1. The molecule has 0 spiro atoms. The van der Waals surface area contributed by atoms with E-state index in [9.17, 15) is 38.6 Å². The van der Waals surface area contributed by atoms with Crippen LogP contribution in [-0.4, -0.2) is 39.3 Å². The predicted molar refractivity (Wildman–Crippen MR) is 89.1 cm³/mol. The Morgan fingerprint density at radius 2 is 1.68 bits per heavy atom. The van der Waals surface area contributed by atoms with Gasteiger partial charge in [-0.3, -0.25) is 18.5 Å². The number of hydrogen-bond acceptors (Lipinski definition) is 5. The first-order valence-corrected chi connectivity index (χ1v) is 10.3. The van der Waals surface area contributed by atoms with Gasteiger partial charge in [0.05, 0.1) is 0 Å². The van der Waals surface area contributed by atoms with Gasteiger partial charge in [0.25, 0.3) is 10.6 Å². The predicted octanol–water partition coefficient (Wildman–Crippen LogP) is 0.405. The zero-order valence-corrected chi connectivity index (χ0v) is 15.2. The van der Waals surface area contributed by atoms with E-state index in [-0.39, 0.29) is 5.65 Å². The number of rotatable bonds is 5. The lowest BCUT2D eigenvalue weighted by molar-refractivity contribution is 0.119. The van der Waals surface area contributed by atoms with Gasteiger partial charge in [0.2, 0.25) is 0 Å². The van der Waals surface area contributed by atoms with Gasteiger partial charge >= 0.3 is 15.2 Å². The Balaban J connectivity index is 2.58. The van der Waals surface area contributed by atoms with E-state index in [1.165, 1.54) is 12.1 Å². The van der Waals surface area contributed by atoms with Crippen molar-refractivity contribution in [2.45, 2.75) is 31.9 Å². The van der Waals surface area contributed by atoms with Crippen LogP contribution in [0.5, 0.6) is 0 Å². The minimum Gasteiger partial charge on any atom is -0.367 e. The quantitative estimate of drug-likeness (QED) is 0.452. The third-order valence-corrected chi connectivity index (χ3v) is 7.77. The average molecular weight is 392 g/mol. The lowest BCUT2D eigenvalue weighted by Gasteiger charge is -2.29. The molecule has 0 saturated carbocycles. The summed E-state index contributed by atoms with van der Waals surface area (Å²) in [5, 5.41) is 6.97. The van der Waals surface area contributed by atoms with Crippen molar-refractivity contribution < 1.29 is 33.8 Å². The van der Waals surface area contributed by atoms with E-state index in [4.69, 9.17) is 0 Å². The topological polar surface area (TPSA) is 170 Å². The second-order valence-corrected chi connectivity index (χ2v) is 9.76. The maximum absolute atomic E-state index is 12.1. The monoisotopic (exact) mass is 392 g/mol. The van der Waals surface area contributed by atoms with Crippen LogP contribution in [0.2, 0.25) is 0 Å². The zero-order valence-electron chi connectivity index (χ0n) is 13.4. The number of aliphatic hydroxyl groups is 1. The van der Waals surface area contributed by atoms with Gasteiger partial charge in [-0.05, 0) is 31.5 Å². The first kappa shape index (κ1) is 19.9. The van der Waals surface area contributed by atoms with Crippen LogP contribution < -0.4 is 5.56 Å². The van der Waals surface area contributed by atoms with Crippen molar-refractivity contribution in [3.63, 3.8) is 0 Å². The number of fused-ring (bicyclic) bond motifs is 1. The van der Waals surface area contributed by atoms with E-state index in [0.717, 1.165) is 10.1 Å². The molecule has 138 valence electrons. The molecule has 0 atom stereocenters. The highest BCUT2D eigenvalue weighted by Crippen LogP contribution is 2.69. The molecule has 2 aromatic heterocycles. The smallest absolute Gasteiger partial charge is 0.367 e. The molecule has 2 aromatic rings. The third kappa shape index (κ3) is 3.61. The van der Waals surface area contributed by atoms with Crippen LogP contribution in [0.4, 0.5) is 0 Å². The molecule has 0 fully saturated rings. The molecule has 0 saturated heterocycles. The fourth-order valence-corrected chi connectivity index (χ4v) is 4.67. The van der Waals surface area contributed by atoms with Crippen molar-refractivity contribution in [2.24, 2.45) is 0 Å². The molecule has 0 bridgehead atoms. The summed E-state index contributed by atoms with van der Waals surface area (Å²) in [6, 6.07) is 4.52. The van der Waals surface area contributed by atoms with Crippen LogP contribution in [0.25, 0.3) is 11.0 Å². The summed E-state index contributed by atoms with van der Waals surface area (Å²) in [4.78, 5) is 53.1. The Labute approximate surface area is 142 Å². The van der Waals surface area contributed by atoms with Crippen molar-refractivity contribution in [1.82, 2.24) is 9.55 Å². The standard InChI is InChI=1S/C13H18N2O8P2/c1-8-7-9(2)14-12-10(8)3-4-11(16)15(12)6-5-13(17,24(18,19)20)25(21,22)23/h3-4,7,17H,5-6H2,1-2H3,(H2,18,19,20)(H2,21,22,23). The Kier molecular flexibility index (Phi) is 5.11. The van der Waals surface area contributed by atoms with Crippen molar-refractivity contribution in [3.05, 3.63) is 39.8 Å². The fourth-order valence-electron chi connectivity index (χ4n) is 2.53. The summed E-state index contributed by atoms with van der Waals surface area (Å²) in [5.74, 6) is 0. The Morgan fingerprint density at radius 1 is 1.12 bits per heavy atom. The Bertz CT molecular complexity index is 952. The van der Waals surface area contributed by atoms with Crippen molar-refractivity contribution in [1.29, 1.82) is 0 Å². The van der Waals surface area contributed by atoms with Crippen molar-refractivity contribution in [2.75, 3.05) is 0 Å². The van der Waals surface area contributed by atoms with Gasteiger partial charge in [0.1, 0.15) is 5.65 Å². The van der Waals surface area contributed by atoms with E-state index in [0.29, 0.717) is 11.1 Å². The molecule has 12 heteroatoms. The van der Waals surface area contributed by atoms with Crippen LogP contribution in [0.3, 0.4) is 0 Å². The lowest BCUT2D eigenvalue weighted by Crippen LogP contribution is -2.32. The fraction of sp³-hybridized carbons (Fsp3) is 0.385. The number of aryl methyl sites for hydroxylation is 3. The number of pyridine rings is 2. The second-order valence-electron chi connectivity index (χ2n) is 5.75. The molecular weight excluding hydrogens is 374 g/mol. The van der Waals surface area contributed by atoms with Crippen molar-refractivity contribution >= 4 is 26.2 Å². The van der Waals surface area contributed by atoms with Crippen LogP contribution in [0.1, 0.15) is 17.7 Å². The van der Waals surface area contributed by atoms with E-state index in [2.05, 4.69) is 4.98 Å². The molecule has 0 aromatic carbocycles. The molecule has 0 aliphatic heterocycles. The molecule has 5 N–H and O–H groups in total. The molecule has 25 heavy (non-hydrogen) atoms. The minimum atomic E-state index is -5.58. The largest absolute Gasteiger partial charge is 0.369 e. The molecule has 2 heterocycles. The first-order chi connectivity index (χ1) is 11.3. The van der Waals surface area contributed by atoms with Crippen LogP contribution in [-0.2, 0) is 15.7 Å². The summed E-state index contributed by atoms with van der Waals surface area (Å²) in [6.07, 6.45) is -1.03. The summed E-state index contributed by atoms with van der Waals surface area (Å²) in [7, 11) is -11.2. The molecular formula is C13H18N2O8P2. The molecule has 10 nitrogen and oxygen atoms in total. The molecule has 0 amide bonds. The Morgan fingerprint density at radius 3 is 2.20 bits per heavy atom. The van der Waals surface area contributed by atoms with Gasteiger partial charge in [-0.15, -0.1) is 0 Å². The summed E-state index contributed by atoms with van der Waals surface area (Å²) < 4.78 is 23.9. The van der Waals surface area contributed by atoms with Gasteiger partial charge in [-0.25, -0.2) is 4.98 Å². The van der Waals surface area contributed by atoms with Gasteiger partial charge in [-0.2, -0.15) is 0 Å². The summed E-state index contributed by atoms with van der Waals surface area (Å²) in [6.45, 7) is 2.93. The van der Waals surface area contributed by atoms with E-state index in [1.54, 1.807) is 19.9 Å². The van der Waals surface area contributed by atoms with Crippen LogP contribution in [0, 0.1) is 13.8 Å². The van der Waals surface area contributed by atoms with E-state index >= 15 is 0 Å². The lowest BCUT2D eigenvalue weighted by atomic mass is 10.1. The first-order valence-electron chi connectivity index (χ1n) is 7.09.